The van der Waals surface area contributed by atoms with Crippen molar-refractivity contribution in [1.82, 2.24) is 10.7 Å². The van der Waals surface area contributed by atoms with Crippen LogP contribution in [0, 0.1) is 0 Å². The Balaban J connectivity index is 1.53. The number of hydrazone groups is 1. The third kappa shape index (κ3) is 7.58. The molecule has 0 aliphatic carbocycles. The standard InChI is InChI=1S/C32H29ClN4O3/c1-37(2)27-15-12-22(13-16-27)20-29(35-31(39)24-8-4-3-5-9-24)32(40)36-34-21-26-19-23(14-17-30(26)38)18-25-10-6-7-11-28(25)33/h3-17,19-21,38H,18H2,1-2H3,(H,35,39)(H,36,40)/b29-20-,34-21-. The van der Waals surface area contributed by atoms with Gasteiger partial charge in [-0.05, 0) is 71.7 Å². The molecule has 0 spiro atoms. The quantitative estimate of drug-likeness (QED) is 0.143. The highest BCUT2D eigenvalue weighted by Gasteiger charge is 2.14. The minimum Gasteiger partial charge on any atom is -0.507 e. The summed E-state index contributed by atoms with van der Waals surface area (Å²) in [5, 5.41) is 17.7. The Kier molecular flexibility index (Phi) is 9.33. The smallest absolute Gasteiger partial charge is 0.287 e. The van der Waals surface area contributed by atoms with Crippen LogP contribution >= 0.6 is 11.6 Å². The van der Waals surface area contributed by atoms with Crippen LogP contribution in [0.4, 0.5) is 5.69 Å². The SMILES string of the molecule is CN(C)c1ccc(/C=C(\NC(=O)c2ccccc2)C(=O)N/N=C\c2cc(Cc3ccccc3Cl)ccc2O)cc1. The number of nitrogens with zero attached hydrogens (tertiary/aromatic N) is 2. The summed E-state index contributed by atoms with van der Waals surface area (Å²) in [4.78, 5) is 27.9. The molecule has 4 rings (SSSR count). The van der Waals surface area contributed by atoms with Crippen LogP contribution in [0.5, 0.6) is 5.75 Å². The molecule has 0 atom stereocenters. The summed E-state index contributed by atoms with van der Waals surface area (Å²) in [5.41, 5.74) is 6.88. The number of carbonyl (C=O) groups is 2. The lowest BCUT2D eigenvalue weighted by atomic mass is 10.0. The predicted octanol–water partition coefficient (Wildman–Crippen LogP) is 5.62. The Bertz CT molecular complexity index is 1550. The number of amides is 2. The van der Waals surface area contributed by atoms with Gasteiger partial charge in [0.25, 0.3) is 11.8 Å². The van der Waals surface area contributed by atoms with Crippen molar-refractivity contribution >= 4 is 41.4 Å². The molecule has 40 heavy (non-hydrogen) atoms. The van der Waals surface area contributed by atoms with Crippen LogP contribution in [0.25, 0.3) is 6.08 Å². The number of benzene rings is 4. The van der Waals surface area contributed by atoms with Crippen molar-refractivity contribution in [2.24, 2.45) is 5.10 Å². The van der Waals surface area contributed by atoms with Crippen LogP contribution in [0.1, 0.15) is 32.6 Å². The highest BCUT2D eigenvalue weighted by molar-refractivity contribution is 6.31. The molecule has 0 aromatic heterocycles. The topological polar surface area (TPSA) is 94.0 Å². The van der Waals surface area contributed by atoms with Gasteiger partial charge < -0.3 is 15.3 Å². The van der Waals surface area contributed by atoms with E-state index in [1.165, 1.54) is 6.21 Å². The third-order valence-corrected chi connectivity index (χ3v) is 6.43. The first-order valence-corrected chi connectivity index (χ1v) is 12.9. The fourth-order valence-corrected chi connectivity index (χ4v) is 4.08. The molecular formula is C32H29ClN4O3. The van der Waals surface area contributed by atoms with Gasteiger partial charge >= 0.3 is 0 Å². The second-order valence-corrected chi connectivity index (χ2v) is 9.63. The van der Waals surface area contributed by atoms with E-state index in [4.69, 9.17) is 11.6 Å². The lowest BCUT2D eigenvalue weighted by Gasteiger charge is -2.12. The van der Waals surface area contributed by atoms with Gasteiger partial charge in [-0.3, -0.25) is 9.59 Å². The largest absolute Gasteiger partial charge is 0.507 e. The average molecular weight is 553 g/mol. The van der Waals surface area contributed by atoms with Crippen molar-refractivity contribution in [2.75, 3.05) is 19.0 Å². The Morgan fingerprint density at radius 3 is 2.33 bits per heavy atom. The molecular weight excluding hydrogens is 524 g/mol. The van der Waals surface area contributed by atoms with E-state index in [-0.39, 0.29) is 11.4 Å². The van der Waals surface area contributed by atoms with Crippen molar-refractivity contribution in [3.05, 3.63) is 136 Å². The van der Waals surface area contributed by atoms with Crippen LogP contribution in [-0.2, 0) is 11.2 Å². The van der Waals surface area contributed by atoms with E-state index in [0.29, 0.717) is 22.6 Å². The first-order valence-electron chi connectivity index (χ1n) is 12.5. The molecule has 7 nitrogen and oxygen atoms in total. The number of carbonyl (C=O) groups excluding carboxylic acids is 2. The number of hydrogen-bond donors (Lipinski definition) is 3. The highest BCUT2D eigenvalue weighted by atomic mass is 35.5. The van der Waals surface area contributed by atoms with Crippen LogP contribution < -0.4 is 15.6 Å². The second-order valence-electron chi connectivity index (χ2n) is 9.22. The Morgan fingerprint density at radius 2 is 1.62 bits per heavy atom. The zero-order valence-corrected chi connectivity index (χ0v) is 22.9. The van der Waals surface area contributed by atoms with Crippen molar-refractivity contribution in [3.63, 3.8) is 0 Å². The molecule has 2 amide bonds. The molecule has 0 heterocycles. The van der Waals surface area contributed by atoms with Gasteiger partial charge in [0.05, 0.1) is 6.21 Å². The minimum absolute atomic E-state index is 0.00929. The Labute approximate surface area is 238 Å². The fraction of sp³-hybridized carbons (Fsp3) is 0.0938. The van der Waals surface area contributed by atoms with Gasteiger partial charge in [0.1, 0.15) is 11.4 Å². The number of aromatic hydroxyl groups is 1. The first kappa shape index (κ1) is 28.1. The molecule has 0 saturated heterocycles. The van der Waals surface area contributed by atoms with E-state index >= 15 is 0 Å². The molecule has 8 heteroatoms. The maximum absolute atomic E-state index is 13.1. The summed E-state index contributed by atoms with van der Waals surface area (Å²) >= 11 is 6.29. The molecule has 3 N–H and O–H groups in total. The number of anilines is 1. The number of phenolic OH excluding ortho intramolecular Hbond substituents is 1. The van der Waals surface area contributed by atoms with Gasteiger partial charge in [0.2, 0.25) is 0 Å². The normalized spacial score (nSPS) is 11.3. The fourth-order valence-electron chi connectivity index (χ4n) is 3.88. The lowest BCUT2D eigenvalue weighted by molar-refractivity contribution is -0.117. The summed E-state index contributed by atoms with van der Waals surface area (Å²) < 4.78 is 0. The van der Waals surface area contributed by atoms with Crippen molar-refractivity contribution in [2.45, 2.75) is 6.42 Å². The number of phenols is 1. The second kappa shape index (κ2) is 13.3. The Morgan fingerprint density at radius 1 is 0.925 bits per heavy atom. The molecule has 0 unspecified atom stereocenters. The maximum Gasteiger partial charge on any atom is 0.287 e. The molecule has 0 aliphatic rings. The summed E-state index contributed by atoms with van der Waals surface area (Å²) in [7, 11) is 3.87. The van der Waals surface area contributed by atoms with Crippen molar-refractivity contribution < 1.29 is 14.7 Å². The number of nitrogens with one attached hydrogen (secondary N) is 2. The third-order valence-electron chi connectivity index (χ3n) is 6.06. The van der Waals surface area contributed by atoms with Gasteiger partial charge in [-0.1, -0.05) is 66.2 Å². The van der Waals surface area contributed by atoms with Crippen molar-refractivity contribution in [1.29, 1.82) is 0 Å². The molecule has 0 aliphatic heterocycles. The summed E-state index contributed by atoms with van der Waals surface area (Å²) in [6.07, 6.45) is 3.50. The van der Waals surface area contributed by atoms with Crippen LogP contribution in [0.3, 0.4) is 0 Å². The predicted molar refractivity (Wildman–Crippen MR) is 161 cm³/mol. The molecule has 4 aromatic rings. The van der Waals surface area contributed by atoms with Crippen LogP contribution in [0.15, 0.2) is 108 Å². The molecule has 0 bridgehead atoms. The molecule has 202 valence electrons. The number of rotatable bonds is 9. The first-order chi connectivity index (χ1) is 19.3. The zero-order chi connectivity index (χ0) is 28.5. The number of halogens is 1. The van der Waals surface area contributed by atoms with E-state index in [2.05, 4.69) is 15.8 Å². The minimum atomic E-state index is -0.621. The molecule has 0 fully saturated rings. The van der Waals surface area contributed by atoms with Gasteiger partial charge in [-0.15, -0.1) is 0 Å². The van der Waals surface area contributed by atoms with Gasteiger partial charge in [-0.25, -0.2) is 5.43 Å². The van der Waals surface area contributed by atoms with Crippen molar-refractivity contribution in [3.8, 4) is 5.75 Å². The molecule has 0 radical (unpaired) electrons. The van der Waals surface area contributed by atoms with E-state index in [9.17, 15) is 14.7 Å². The summed E-state index contributed by atoms with van der Waals surface area (Å²) in [6.45, 7) is 0. The summed E-state index contributed by atoms with van der Waals surface area (Å²) in [5.74, 6) is -1.04. The van der Waals surface area contributed by atoms with E-state index < -0.39 is 11.8 Å². The molecule has 4 aromatic carbocycles. The number of hydrogen-bond acceptors (Lipinski definition) is 5. The van der Waals surface area contributed by atoms with Gasteiger partial charge in [0.15, 0.2) is 0 Å². The lowest BCUT2D eigenvalue weighted by Crippen LogP contribution is -2.32. The maximum atomic E-state index is 13.1. The van der Waals surface area contributed by atoms with E-state index in [1.807, 2.05) is 67.5 Å². The molecule has 0 saturated carbocycles. The average Bonchev–Trinajstić information content (AvgIpc) is 2.96. The van der Waals surface area contributed by atoms with E-state index in [1.54, 1.807) is 54.6 Å². The Hall–Kier alpha value is -4.88. The monoisotopic (exact) mass is 552 g/mol. The van der Waals surface area contributed by atoms with E-state index in [0.717, 1.165) is 22.4 Å². The summed E-state index contributed by atoms with van der Waals surface area (Å²) in [6, 6.07) is 28.8. The van der Waals surface area contributed by atoms with Gasteiger partial charge in [-0.2, -0.15) is 5.10 Å². The zero-order valence-electron chi connectivity index (χ0n) is 22.1. The van der Waals surface area contributed by atoms with Gasteiger partial charge in [0, 0.05) is 35.9 Å². The van der Waals surface area contributed by atoms with Crippen LogP contribution in [-0.4, -0.2) is 37.2 Å². The van der Waals surface area contributed by atoms with Crippen LogP contribution in [0.2, 0.25) is 5.02 Å². The highest BCUT2D eigenvalue weighted by Crippen LogP contribution is 2.22.